The predicted molar refractivity (Wildman–Crippen MR) is 45.1 cm³/mol. The van der Waals surface area contributed by atoms with Crippen molar-refractivity contribution in [3.63, 3.8) is 0 Å². The number of nitrogens with one attached hydrogen (secondary N) is 1. The first-order valence-electron chi connectivity index (χ1n) is 3.01. The van der Waals surface area contributed by atoms with Crippen LogP contribution in [0.2, 0.25) is 0 Å². The van der Waals surface area contributed by atoms with Crippen molar-refractivity contribution in [1.82, 2.24) is 0 Å². The van der Waals surface area contributed by atoms with Crippen LogP contribution in [-0.2, 0) is 0 Å². The summed E-state index contributed by atoms with van der Waals surface area (Å²) in [4.78, 5) is 0. The van der Waals surface area contributed by atoms with E-state index in [4.69, 9.17) is 5.41 Å². The first-order chi connectivity index (χ1) is 4.68. The van der Waals surface area contributed by atoms with Crippen molar-refractivity contribution >= 4 is 5.71 Å². The minimum absolute atomic E-state index is 0.433. The molecule has 0 radical (unpaired) electrons. The van der Waals surface area contributed by atoms with Crippen LogP contribution < -0.4 is 0 Å². The lowest BCUT2D eigenvalue weighted by Gasteiger charge is -1.89. The molecule has 1 heteroatoms. The van der Waals surface area contributed by atoms with E-state index in [9.17, 15) is 0 Å². The third kappa shape index (κ3) is 3.68. The highest BCUT2D eigenvalue weighted by atomic mass is 14.4. The van der Waals surface area contributed by atoms with E-state index in [0.29, 0.717) is 5.71 Å². The third-order valence-corrected chi connectivity index (χ3v) is 0.937. The van der Waals surface area contributed by atoms with Gasteiger partial charge in [-0.1, -0.05) is 12.5 Å². The Morgan fingerprint density at radius 1 is 1.60 bits per heavy atom. The molecule has 0 unspecified atom stereocenters. The molecular weight excluding hydrogens is 122 g/mol. The van der Waals surface area contributed by atoms with Crippen LogP contribution in [0.15, 0.2) is 24.3 Å². The van der Waals surface area contributed by atoms with Crippen LogP contribution in [0, 0.1) is 17.3 Å². The Morgan fingerprint density at radius 2 is 2.20 bits per heavy atom. The third-order valence-electron chi connectivity index (χ3n) is 0.937. The van der Waals surface area contributed by atoms with E-state index in [1.165, 1.54) is 0 Å². The van der Waals surface area contributed by atoms with Gasteiger partial charge in [-0.2, -0.15) is 0 Å². The summed E-state index contributed by atoms with van der Waals surface area (Å²) in [6.45, 7) is 7.17. The highest BCUT2D eigenvalue weighted by molar-refractivity contribution is 6.05. The summed E-state index contributed by atoms with van der Waals surface area (Å²) in [5.41, 5.74) is 1.19. The number of rotatable bonds is 2. The Balaban J connectivity index is 3.99. The summed E-state index contributed by atoms with van der Waals surface area (Å²) in [6.07, 6.45) is 3.29. The lowest BCUT2D eigenvalue weighted by Crippen LogP contribution is -1.89. The van der Waals surface area contributed by atoms with Crippen LogP contribution in [0.1, 0.15) is 13.8 Å². The van der Waals surface area contributed by atoms with Gasteiger partial charge in [0.25, 0.3) is 0 Å². The smallest absolute Gasteiger partial charge is 0.0569 e. The van der Waals surface area contributed by atoms with Crippen LogP contribution in [0.4, 0.5) is 0 Å². The van der Waals surface area contributed by atoms with Gasteiger partial charge < -0.3 is 5.41 Å². The van der Waals surface area contributed by atoms with E-state index in [-0.39, 0.29) is 0 Å². The minimum Gasteiger partial charge on any atom is -0.301 e. The molecule has 0 bridgehead atoms. The molecule has 0 aromatic rings. The number of hydrogen-bond acceptors (Lipinski definition) is 1. The zero-order valence-electron chi connectivity index (χ0n) is 6.36. The maximum atomic E-state index is 7.27. The second-order valence-electron chi connectivity index (χ2n) is 1.92. The summed E-state index contributed by atoms with van der Waals surface area (Å²) in [6, 6.07) is 0. The Labute approximate surface area is 62.0 Å². The summed E-state index contributed by atoms with van der Waals surface area (Å²) in [5, 5.41) is 7.27. The molecule has 0 atom stereocenters. The van der Waals surface area contributed by atoms with Crippen molar-refractivity contribution in [3.05, 3.63) is 24.3 Å². The van der Waals surface area contributed by atoms with Gasteiger partial charge in [0.05, 0.1) is 5.71 Å². The quantitative estimate of drug-likeness (QED) is 0.441. The van der Waals surface area contributed by atoms with Gasteiger partial charge in [-0.3, -0.25) is 0 Å². The monoisotopic (exact) mass is 133 g/mol. The van der Waals surface area contributed by atoms with Crippen molar-refractivity contribution in [3.8, 4) is 11.8 Å². The molecule has 0 aliphatic rings. The van der Waals surface area contributed by atoms with Gasteiger partial charge in [-0.25, -0.2) is 0 Å². The number of allylic oxidation sites excluding steroid dienone is 3. The maximum Gasteiger partial charge on any atom is 0.0569 e. The van der Waals surface area contributed by atoms with Gasteiger partial charge >= 0.3 is 0 Å². The van der Waals surface area contributed by atoms with Crippen molar-refractivity contribution < 1.29 is 0 Å². The fourth-order valence-electron chi connectivity index (χ4n) is 0.351. The molecular formula is C9H11N. The average Bonchev–Trinajstić information content (AvgIpc) is 1.88. The zero-order valence-corrected chi connectivity index (χ0v) is 6.36. The van der Waals surface area contributed by atoms with Crippen molar-refractivity contribution in [2.45, 2.75) is 13.8 Å². The molecule has 52 valence electrons. The molecule has 10 heavy (non-hydrogen) atoms. The summed E-state index contributed by atoms with van der Waals surface area (Å²) in [5.74, 6) is 5.42. The van der Waals surface area contributed by atoms with Crippen LogP contribution in [0.3, 0.4) is 0 Å². The van der Waals surface area contributed by atoms with Gasteiger partial charge in [-0.15, -0.1) is 5.92 Å². The molecule has 0 spiro atoms. The summed E-state index contributed by atoms with van der Waals surface area (Å²) < 4.78 is 0. The topological polar surface area (TPSA) is 23.9 Å². The molecule has 0 heterocycles. The summed E-state index contributed by atoms with van der Waals surface area (Å²) in [7, 11) is 0. The molecule has 0 aliphatic heterocycles. The molecule has 0 fully saturated rings. The number of hydrogen-bond donors (Lipinski definition) is 1. The SMILES string of the molecule is C=C(C)C(=N)C=CC#CC. The van der Waals surface area contributed by atoms with Crippen molar-refractivity contribution in [2.24, 2.45) is 0 Å². The fourth-order valence-corrected chi connectivity index (χ4v) is 0.351. The molecule has 0 amide bonds. The Hall–Kier alpha value is -1.29. The maximum absolute atomic E-state index is 7.27. The fraction of sp³-hybridized carbons (Fsp3) is 0.222. The van der Waals surface area contributed by atoms with Gasteiger partial charge in [0.1, 0.15) is 0 Å². The van der Waals surface area contributed by atoms with E-state index in [2.05, 4.69) is 18.4 Å². The summed E-state index contributed by atoms with van der Waals surface area (Å²) >= 11 is 0. The Morgan fingerprint density at radius 3 is 2.60 bits per heavy atom. The first-order valence-corrected chi connectivity index (χ1v) is 3.01. The standard InChI is InChI=1S/C9H11N/c1-4-5-6-7-9(10)8(2)3/h6-7,10H,2H2,1,3H3. The van der Waals surface area contributed by atoms with Crippen LogP contribution in [0.25, 0.3) is 0 Å². The zero-order chi connectivity index (χ0) is 7.98. The lowest BCUT2D eigenvalue weighted by molar-refractivity contribution is 1.47. The van der Waals surface area contributed by atoms with Crippen LogP contribution in [-0.4, -0.2) is 5.71 Å². The second kappa shape index (κ2) is 4.58. The molecule has 0 saturated carbocycles. The van der Waals surface area contributed by atoms with Crippen LogP contribution >= 0.6 is 0 Å². The normalized spacial score (nSPS) is 8.60. The van der Waals surface area contributed by atoms with E-state index in [0.717, 1.165) is 5.57 Å². The van der Waals surface area contributed by atoms with E-state index in [1.807, 2.05) is 0 Å². The first kappa shape index (κ1) is 8.71. The molecule has 0 aromatic heterocycles. The Bertz CT molecular complexity index is 223. The van der Waals surface area contributed by atoms with Crippen molar-refractivity contribution in [1.29, 1.82) is 5.41 Å². The van der Waals surface area contributed by atoms with Gasteiger partial charge in [0.2, 0.25) is 0 Å². The molecule has 0 saturated heterocycles. The van der Waals surface area contributed by atoms with Gasteiger partial charge in [0.15, 0.2) is 0 Å². The molecule has 0 rings (SSSR count). The molecule has 1 N–H and O–H groups in total. The largest absolute Gasteiger partial charge is 0.301 e. The molecule has 1 nitrogen and oxygen atoms in total. The lowest BCUT2D eigenvalue weighted by atomic mass is 10.2. The van der Waals surface area contributed by atoms with Gasteiger partial charge in [-0.05, 0) is 31.6 Å². The average molecular weight is 133 g/mol. The van der Waals surface area contributed by atoms with E-state index in [1.54, 1.807) is 26.0 Å². The highest BCUT2D eigenvalue weighted by Gasteiger charge is 1.86. The predicted octanol–water partition coefficient (Wildman–Crippen LogP) is 2.16. The molecule has 0 aromatic carbocycles. The molecule has 0 aliphatic carbocycles. The Kier molecular flexibility index (Phi) is 3.99. The van der Waals surface area contributed by atoms with Crippen molar-refractivity contribution in [2.75, 3.05) is 0 Å². The van der Waals surface area contributed by atoms with E-state index < -0.39 is 0 Å². The van der Waals surface area contributed by atoms with Gasteiger partial charge in [0, 0.05) is 0 Å². The second-order valence-corrected chi connectivity index (χ2v) is 1.92. The highest BCUT2D eigenvalue weighted by Crippen LogP contribution is 1.90. The minimum atomic E-state index is 0.433. The van der Waals surface area contributed by atoms with Crippen LogP contribution in [0.5, 0.6) is 0 Å². The van der Waals surface area contributed by atoms with E-state index >= 15 is 0 Å².